The van der Waals surface area contributed by atoms with Gasteiger partial charge in [-0.3, -0.25) is 4.79 Å². The van der Waals surface area contributed by atoms with Crippen molar-refractivity contribution in [2.75, 3.05) is 19.6 Å². The van der Waals surface area contributed by atoms with Crippen molar-refractivity contribution < 1.29 is 9.53 Å². The molecular formula is C23H32ClNO2. The van der Waals surface area contributed by atoms with Crippen molar-refractivity contribution in [1.82, 2.24) is 4.90 Å². The Morgan fingerprint density at radius 1 is 0.889 bits per heavy atom. The molecule has 0 saturated carbocycles. The predicted molar refractivity (Wildman–Crippen MR) is 115 cm³/mol. The number of hydrogen-bond acceptors (Lipinski definition) is 3. The summed E-state index contributed by atoms with van der Waals surface area (Å²) in [7, 11) is 0. The molecule has 0 aliphatic rings. The van der Waals surface area contributed by atoms with Crippen LogP contribution in [0.15, 0.2) is 60.7 Å². The zero-order valence-corrected chi connectivity index (χ0v) is 17.5. The predicted octanol–water partition coefficient (Wildman–Crippen LogP) is 5.29. The van der Waals surface area contributed by atoms with Crippen LogP contribution in [0.5, 0.6) is 0 Å². The average Bonchev–Trinajstić information content (AvgIpc) is 2.68. The summed E-state index contributed by atoms with van der Waals surface area (Å²) in [5.74, 6) is -0.540. The fourth-order valence-electron chi connectivity index (χ4n) is 3.27. The van der Waals surface area contributed by atoms with Crippen LogP contribution in [0.1, 0.15) is 50.7 Å². The van der Waals surface area contributed by atoms with Gasteiger partial charge in [0.25, 0.3) is 0 Å². The molecule has 0 amide bonds. The number of halogens is 1. The molecule has 2 rings (SSSR count). The van der Waals surface area contributed by atoms with E-state index in [9.17, 15) is 4.79 Å². The first-order valence-corrected chi connectivity index (χ1v) is 9.72. The van der Waals surface area contributed by atoms with Gasteiger partial charge in [-0.05, 0) is 30.6 Å². The second-order valence-corrected chi connectivity index (χ2v) is 6.59. The molecule has 0 saturated heterocycles. The lowest BCUT2D eigenvalue weighted by Gasteiger charge is -2.27. The second kappa shape index (κ2) is 12.5. The largest absolute Gasteiger partial charge is 0.460 e. The number of carbonyl (C=O) groups excluding carboxylic acids is 1. The molecule has 0 aliphatic heterocycles. The highest BCUT2D eigenvalue weighted by atomic mass is 35.5. The molecule has 1 unspecified atom stereocenters. The number of hydrogen-bond donors (Lipinski definition) is 0. The molecule has 3 nitrogen and oxygen atoms in total. The number of carbonyl (C=O) groups is 1. The summed E-state index contributed by atoms with van der Waals surface area (Å²) >= 11 is 0. The minimum Gasteiger partial charge on any atom is -0.460 e. The van der Waals surface area contributed by atoms with Gasteiger partial charge in [-0.1, -0.05) is 87.9 Å². The maximum atomic E-state index is 13.1. The van der Waals surface area contributed by atoms with E-state index in [1.165, 1.54) is 0 Å². The van der Waals surface area contributed by atoms with Crippen LogP contribution < -0.4 is 0 Å². The van der Waals surface area contributed by atoms with Crippen molar-refractivity contribution in [2.24, 2.45) is 0 Å². The molecule has 0 heterocycles. The minimum absolute atomic E-state index is 0. The smallest absolute Gasteiger partial charge is 0.318 e. The second-order valence-electron chi connectivity index (χ2n) is 6.59. The highest BCUT2D eigenvalue weighted by molar-refractivity contribution is 5.85. The highest BCUT2D eigenvalue weighted by Gasteiger charge is 2.27. The van der Waals surface area contributed by atoms with Gasteiger partial charge in [0.2, 0.25) is 0 Å². The zero-order valence-electron chi connectivity index (χ0n) is 16.6. The van der Waals surface area contributed by atoms with Crippen LogP contribution in [0.2, 0.25) is 0 Å². The molecule has 4 heteroatoms. The quantitative estimate of drug-likeness (QED) is 0.517. The van der Waals surface area contributed by atoms with E-state index in [-0.39, 0.29) is 30.4 Å². The monoisotopic (exact) mass is 389 g/mol. The molecular weight excluding hydrogens is 358 g/mol. The number of ether oxygens (including phenoxy) is 1. The highest BCUT2D eigenvalue weighted by Crippen LogP contribution is 2.27. The van der Waals surface area contributed by atoms with Gasteiger partial charge >= 0.3 is 5.97 Å². The standard InChI is InChI=1S/C23H31NO2.ClH/c1-4-13-21(18-24(5-2)6-3)26-23(25)22(19-14-9-7-10-15-19)20-16-11-8-12-17-20;/h7-12,14-17,21-22H,4-6,13,18H2,1-3H3;1H. The van der Waals surface area contributed by atoms with Crippen molar-refractivity contribution in [1.29, 1.82) is 0 Å². The van der Waals surface area contributed by atoms with Gasteiger partial charge in [-0.2, -0.15) is 0 Å². The van der Waals surface area contributed by atoms with E-state index in [4.69, 9.17) is 4.74 Å². The van der Waals surface area contributed by atoms with Crippen LogP contribution in [0.25, 0.3) is 0 Å². The third-order valence-electron chi connectivity index (χ3n) is 4.75. The lowest BCUT2D eigenvalue weighted by atomic mass is 9.91. The Kier molecular flexibility index (Phi) is 10.8. The van der Waals surface area contributed by atoms with E-state index >= 15 is 0 Å². The fourth-order valence-corrected chi connectivity index (χ4v) is 3.27. The average molecular weight is 390 g/mol. The molecule has 148 valence electrons. The summed E-state index contributed by atoms with van der Waals surface area (Å²) in [5, 5.41) is 0. The van der Waals surface area contributed by atoms with Crippen molar-refractivity contribution in [3.63, 3.8) is 0 Å². The first-order valence-electron chi connectivity index (χ1n) is 9.72. The summed E-state index contributed by atoms with van der Waals surface area (Å²) in [6.45, 7) is 9.15. The van der Waals surface area contributed by atoms with Gasteiger partial charge in [0.15, 0.2) is 0 Å². The molecule has 0 fully saturated rings. The molecule has 2 aromatic carbocycles. The van der Waals surface area contributed by atoms with Crippen molar-refractivity contribution in [2.45, 2.75) is 45.6 Å². The first kappa shape index (κ1) is 23.2. The van der Waals surface area contributed by atoms with Gasteiger partial charge < -0.3 is 9.64 Å². The van der Waals surface area contributed by atoms with Crippen molar-refractivity contribution in [3.05, 3.63) is 71.8 Å². The van der Waals surface area contributed by atoms with Gasteiger partial charge in [-0.25, -0.2) is 0 Å². The Morgan fingerprint density at radius 2 is 1.37 bits per heavy atom. The normalized spacial score (nSPS) is 11.9. The summed E-state index contributed by atoms with van der Waals surface area (Å²) in [6.07, 6.45) is 1.82. The third-order valence-corrected chi connectivity index (χ3v) is 4.75. The van der Waals surface area contributed by atoms with Crippen LogP contribution in [0.3, 0.4) is 0 Å². The maximum Gasteiger partial charge on any atom is 0.318 e. The molecule has 0 radical (unpaired) electrons. The van der Waals surface area contributed by atoms with Gasteiger partial charge in [0.05, 0.1) is 0 Å². The van der Waals surface area contributed by atoms with Gasteiger partial charge in [0.1, 0.15) is 12.0 Å². The maximum absolute atomic E-state index is 13.1. The SMILES string of the molecule is CCCC(CN(CC)CC)OC(=O)C(c1ccccc1)c1ccccc1.Cl. The summed E-state index contributed by atoms with van der Waals surface area (Å²) in [6, 6.07) is 19.8. The Morgan fingerprint density at radius 3 is 1.78 bits per heavy atom. The molecule has 0 N–H and O–H groups in total. The minimum atomic E-state index is -0.381. The van der Waals surface area contributed by atoms with E-state index in [0.717, 1.165) is 43.6 Å². The lowest BCUT2D eigenvalue weighted by Crippen LogP contribution is -2.36. The number of benzene rings is 2. The van der Waals surface area contributed by atoms with Crippen LogP contribution in [-0.2, 0) is 9.53 Å². The summed E-state index contributed by atoms with van der Waals surface area (Å²) < 4.78 is 6.02. The van der Waals surface area contributed by atoms with E-state index in [1.54, 1.807) is 0 Å². The Balaban J connectivity index is 0.00000364. The Hall–Kier alpha value is -1.84. The number of likely N-dealkylation sites (N-methyl/N-ethyl adjacent to an activating group) is 1. The van der Waals surface area contributed by atoms with Crippen molar-refractivity contribution in [3.8, 4) is 0 Å². The van der Waals surface area contributed by atoms with E-state index < -0.39 is 0 Å². The molecule has 2 aromatic rings. The van der Waals surface area contributed by atoms with Crippen LogP contribution >= 0.6 is 12.4 Å². The topological polar surface area (TPSA) is 29.5 Å². The van der Waals surface area contributed by atoms with E-state index in [1.807, 2.05) is 60.7 Å². The number of esters is 1. The fraction of sp³-hybridized carbons (Fsp3) is 0.435. The van der Waals surface area contributed by atoms with Crippen LogP contribution in [0, 0.1) is 0 Å². The molecule has 0 aromatic heterocycles. The van der Waals surface area contributed by atoms with Crippen molar-refractivity contribution >= 4 is 18.4 Å². The number of rotatable bonds is 10. The molecule has 0 bridgehead atoms. The summed E-state index contributed by atoms with van der Waals surface area (Å²) in [5.41, 5.74) is 1.95. The van der Waals surface area contributed by atoms with E-state index in [2.05, 4.69) is 25.7 Å². The molecule has 1 atom stereocenters. The lowest BCUT2D eigenvalue weighted by molar-refractivity contribution is -0.151. The van der Waals surface area contributed by atoms with Gasteiger partial charge in [-0.15, -0.1) is 12.4 Å². The molecule has 0 aliphatic carbocycles. The van der Waals surface area contributed by atoms with Gasteiger partial charge in [0, 0.05) is 6.54 Å². The molecule has 0 spiro atoms. The Bertz CT molecular complexity index is 604. The Labute approximate surface area is 170 Å². The van der Waals surface area contributed by atoms with E-state index in [0.29, 0.717) is 0 Å². The summed E-state index contributed by atoms with van der Waals surface area (Å²) in [4.78, 5) is 15.5. The van der Waals surface area contributed by atoms with Crippen LogP contribution in [0.4, 0.5) is 0 Å². The third kappa shape index (κ3) is 7.00. The number of nitrogens with zero attached hydrogens (tertiary/aromatic N) is 1. The first-order chi connectivity index (χ1) is 12.7. The van der Waals surface area contributed by atoms with Crippen LogP contribution in [-0.4, -0.2) is 36.6 Å². The zero-order chi connectivity index (χ0) is 18.8. The molecule has 27 heavy (non-hydrogen) atoms.